The van der Waals surface area contributed by atoms with E-state index in [1.807, 2.05) is 0 Å². The Kier molecular flexibility index (Phi) is 8.26. The molecule has 31 heavy (non-hydrogen) atoms. The van der Waals surface area contributed by atoms with Gasteiger partial charge in [0.2, 0.25) is 0 Å². The monoisotopic (exact) mass is 460 g/mol. The van der Waals surface area contributed by atoms with Gasteiger partial charge in [0.15, 0.2) is 5.78 Å². The smallest absolute Gasteiger partial charge is 0.166 e. The van der Waals surface area contributed by atoms with Crippen LogP contribution in [0.4, 0.5) is 0 Å². The van der Waals surface area contributed by atoms with Gasteiger partial charge in [0, 0.05) is 18.2 Å². The van der Waals surface area contributed by atoms with Crippen LogP contribution in [0.2, 0.25) is 0 Å². The van der Waals surface area contributed by atoms with Gasteiger partial charge in [-0.25, -0.2) is 0 Å². The van der Waals surface area contributed by atoms with Crippen LogP contribution in [0.1, 0.15) is 49.7 Å². The Hall–Kier alpha value is -1.15. The van der Waals surface area contributed by atoms with Crippen molar-refractivity contribution in [3.05, 3.63) is 35.4 Å². The number of ketones is 2. The maximum atomic E-state index is 12.9. The standard InChI is InChI=1S/C24H32N2O3S2/c27-13-19-23(30-14-25-19)22(29)21-24(31-15-26-21)20(28)9-3-1-2-6-16-10-11-17-7-4-5-8-18(17)12-16/h4-5,7-8,13,16,19,21,23-26H,1-3,6,9-12,14-15H2/t16-,19-,21-,23?,24?/m1/s1. The second-order valence-corrected chi connectivity index (χ2v) is 11.1. The predicted octanol–water partition coefficient (Wildman–Crippen LogP) is 3.14. The van der Waals surface area contributed by atoms with Crippen molar-refractivity contribution in [3.63, 3.8) is 0 Å². The number of aryl methyl sites for hydroxylation is 1. The fraction of sp³-hybridized carbons (Fsp3) is 0.625. The fourth-order valence-corrected chi connectivity index (χ4v) is 7.36. The number of fused-ring (bicyclic) bond motifs is 1. The number of thioether (sulfide) groups is 2. The van der Waals surface area contributed by atoms with Crippen LogP contribution >= 0.6 is 23.5 Å². The van der Waals surface area contributed by atoms with Crippen LogP contribution in [0.5, 0.6) is 0 Å². The van der Waals surface area contributed by atoms with Crippen molar-refractivity contribution in [2.75, 3.05) is 11.8 Å². The largest absolute Gasteiger partial charge is 0.302 e. The van der Waals surface area contributed by atoms with Gasteiger partial charge in [-0.1, -0.05) is 43.5 Å². The van der Waals surface area contributed by atoms with Crippen molar-refractivity contribution in [2.24, 2.45) is 5.92 Å². The van der Waals surface area contributed by atoms with E-state index in [0.29, 0.717) is 18.2 Å². The molecule has 0 saturated carbocycles. The summed E-state index contributed by atoms with van der Waals surface area (Å²) >= 11 is 3.00. The van der Waals surface area contributed by atoms with Crippen LogP contribution in [-0.4, -0.2) is 52.2 Å². The summed E-state index contributed by atoms with van der Waals surface area (Å²) < 4.78 is 0. The van der Waals surface area contributed by atoms with Gasteiger partial charge < -0.3 is 4.79 Å². The van der Waals surface area contributed by atoms with Gasteiger partial charge in [0.25, 0.3) is 0 Å². The number of carbonyl (C=O) groups is 3. The first-order chi connectivity index (χ1) is 15.2. The van der Waals surface area contributed by atoms with Crippen LogP contribution in [0.25, 0.3) is 0 Å². The summed E-state index contributed by atoms with van der Waals surface area (Å²) in [5.41, 5.74) is 3.03. The zero-order valence-corrected chi connectivity index (χ0v) is 19.5. The predicted molar refractivity (Wildman–Crippen MR) is 127 cm³/mol. The van der Waals surface area contributed by atoms with Crippen LogP contribution < -0.4 is 10.6 Å². The number of benzene rings is 1. The molecule has 4 rings (SSSR count). The third-order valence-electron chi connectivity index (χ3n) is 6.81. The molecule has 2 heterocycles. The van der Waals surface area contributed by atoms with Crippen LogP contribution in [0.15, 0.2) is 24.3 Å². The van der Waals surface area contributed by atoms with Gasteiger partial charge in [-0.05, 0) is 42.7 Å². The van der Waals surface area contributed by atoms with Crippen LogP contribution in [0, 0.1) is 5.92 Å². The molecule has 1 aromatic carbocycles. The lowest BCUT2D eigenvalue weighted by Gasteiger charge is -2.24. The minimum absolute atomic E-state index is 0.00645. The molecule has 2 saturated heterocycles. The Morgan fingerprint density at radius 1 is 1.00 bits per heavy atom. The maximum absolute atomic E-state index is 12.9. The quantitative estimate of drug-likeness (QED) is 0.410. The molecular weight excluding hydrogens is 428 g/mol. The molecule has 7 heteroatoms. The molecule has 1 aromatic rings. The summed E-state index contributed by atoms with van der Waals surface area (Å²) in [6, 6.07) is 7.90. The fourth-order valence-electron chi connectivity index (χ4n) is 5.03. The van der Waals surface area contributed by atoms with E-state index in [2.05, 4.69) is 34.9 Å². The van der Waals surface area contributed by atoms with Crippen molar-refractivity contribution in [2.45, 2.75) is 74.0 Å². The molecule has 2 aliphatic heterocycles. The molecule has 168 valence electrons. The minimum atomic E-state index is -0.459. The first kappa shape index (κ1) is 23.0. The highest BCUT2D eigenvalue weighted by atomic mass is 32.2. The van der Waals surface area contributed by atoms with E-state index in [0.717, 1.165) is 25.0 Å². The Labute approximate surface area is 193 Å². The molecule has 2 fully saturated rings. The molecule has 3 aliphatic rings. The van der Waals surface area contributed by atoms with Crippen molar-refractivity contribution >= 4 is 41.4 Å². The average molecular weight is 461 g/mol. The molecule has 0 spiro atoms. The number of rotatable bonds is 10. The Balaban J connectivity index is 1.17. The Morgan fingerprint density at radius 3 is 2.61 bits per heavy atom. The minimum Gasteiger partial charge on any atom is -0.302 e. The second-order valence-electron chi connectivity index (χ2n) is 8.86. The highest BCUT2D eigenvalue weighted by Crippen LogP contribution is 2.31. The Bertz CT molecular complexity index is 803. The van der Waals surface area contributed by atoms with Crippen molar-refractivity contribution < 1.29 is 14.4 Å². The topological polar surface area (TPSA) is 75.3 Å². The zero-order chi connectivity index (χ0) is 21.6. The summed E-state index contributed by atoms with van der Waals surface area (Å²) in [6.07, 6.45) is 9.40. The molecule has 0 bridgehead atoms. The molecular formula is C24H32N2O3S2. The number of Topliss-reactive ketones (excluding diaryl/α,β-unsaturated/α-hetero) is 2. The summed E-state index contributed by atoms with van der Waals surface area (Å²) in [6.45, 7) is 0. The van der Waals surface area contributed by atoms with E-state index in [9.17, 15) is 14.4 Å². The number of carbonyl (C=O) groups excluding carboxylic acids is 3. The maximum Gasteiger partial charge on any atom is 0.166 e. The normalized spacial score (nSPS) is 30.1. The van der Waals surface area contributed by atoms with Gasteiger partial charge in [0.05, 0.1) is 22.6 Å². The van der Waals surface area contributed by atoms with E-state index in [-0.39, 0.29) is 22.1 Å². The average Bonchev–Trinajstić information content (AvgIpc) is 3.48. The Morgan fingerprint density at radius 2 is 1.77 bits per heavy atom. The van der Waals surface area contributed by atoms with E-state index < -0.39 is 12.1 Å². The lowest BCUT2D eigenvalue weighted by Crippen LogP contribution is -2.49. The number of hydrogen-bond donors (Lipinski definition) is 2. The van der Waals surface area contributed by atoms with Gasteiger partial charge in [-0.3, -0.25) is 20.2 Å². The van der Waals surface area contributed by atoms with Crippen LogP contribution in [-0.2, 0) is 27.2 Å². The number of hydrogen-bond acceptors (Lipinski definition) is 7. The second kappa shape index (κ2) is 11.1. The molecule has 0 aromatic heterocycles. The molecule has 5 atom stereocenters. The molecule has 5 nitrogen and oxygen atoms in total. The van der Waals surface area contributed by atoms with E-state index >= 15 is 0 Å². The highest BCUT2D eigenvalue weighted by molar-refractivity contribution is 8.01. The summed E-state index contributed by atoms with van der Waals surface area (Å²) in [5.74, 6) is 2.16. The van der Waals surface area contributed by atoms with Crippen molar-refractivity contribution in [1.82, 2.24) is 10.6 Å². The number of aldehydes is 1. The number of unbranched alkanes of at least 4 members (excludes halogenated alkanes) is 2. The summed E-state index contributed by atoms with van der Waals surface area (Å²) in [7, 11) is 0. The van der Waals surface area contributed by atoms with E-state index in [1.54, 1.807) is 0 Å². The lowest BCUT2D eigenvalue weighted by atomic mass is 9.81. The first-order valence-electron chi connectivity index (χ1n) is 11.5. The summed E-state index contributed by atoms with van der Waals surface area (Å²) in [5, 5.41) is 5.54. The van der Waals surface area contributed by atoms with Crippen molar-refractivity contribution in [1.29, 1.82) is 0 Å². The van der Waals surface area contributed by atoms with Crippen molar-refractivity contribution in [3.8, 4) is 0 Å². The molecule has 0 amide bonds. The lowest BCUT2D eigenvalue weighted by molar-refractivity contribution is -0.125. The van der Waals surface area contributed by atoms with Gasteiger partial charge >= 0.3 is 0 Å². The third kappa shape index (κ3) is 5.62. The SMILES string of the molecule is O=C[C@H]1NCSC1C(=O)[C@H]1NCSC1C(=O)CCCCC[C@@H]1CCc2ccccc2C1. The first-order valence-corrected chi connectivity index (χ1v) is 13.6. The zero-order valence-electron chi connectivity index (χ0n) is 17.9. The van der Waals surface area contributed by atoms with Crippen LogP contribution in [0.3, 0.4) is 0 Å². The van der Waals surface area contributed by atoms with E-state index in [4.69, 9.17) is 0 Å². The molecule has 0 radical (unpaired) electrons. The number of nitrogens with one attached hydrogen (secondary N) is 2. The summed E-state index contributed by atoms with van der Waals surface area (Å²) in [4.78, 5) is 37.0. The van der Waals surface area contributed by atoms with Gasteiger partial charge in [0.1, 0.15) is 12.1 Å². The van der Waals surface area contributed by atoms with E-state index in [1.165, 1.54) is 66.8 Å². The molecule has 2 N–H and O–H groups in total. The van der Waals surface area contributed by atoms with Gasteiger partial charge in [-0.2, -0.15) is 0 Å². The highest BCUT2D eigenvalue weighted by Gasteiger charge is 2.44. The third-order valence-corrected chi connectivity index (χ3v) is 9.26. The van der Waals surface area contributed by atoms with Gasteiger partial charge in [-0.15, -0.1) is 23.5 Å². The molecule has 1 aliphatic carbocycles. The molecule has 2 unspecified atom stereocenters.